The number of ether oxygens (including phenoxy) is 2. The van der Waals surface area contributed by atoms with Gasteiger partial charge in [-0.1, -0.05) is 29.8 Å². The molecule has 0 amide bonds. The first-order chi connectivity index (χ1) is 16.9. The van der Waals surface area contributed by atoms with Crippen molar-refractivity contribution >= 4 is 23.6 Å². The summed E-state index contributed by atoms with van der Waals surface area (Å²) < 4.78 is 10.9. The third kappa shape index (κ3) is 3.22. The highest BCUT2D eigenvalue weighted by Crippen LogP contribution is 2.60. The maximum atomic E-state index is 12.4. The van der Waals surface area contributed by atoms with Gasteiger partial charge < -0.3 is 20.9 Å². The summed E-state index contributed by atoms with van der Waals surface area (Å²) in [5, 5.41) is 0.698. The van der Waals surface area contributed by atoms with Crippen LogP contribution in [-0.2, 0) is 11.2 Å². The van der Waals surface area contributed by atoms with Gasteiger partial charge in [-0.15, -0.1) is 0 Å². The fourth-order valence-corrected chi connectivity index (χ4v) is 6.49. The maximum absolute atomic E-state index is 12.4. The minimum atomic E-state index is -0.891. The predicted molar refractivity (Wildman–Crippen MR) is 132 cm³/mol. The van der Waals surface area contributed by atoms with Crippen molar-refractivity contribution < 1.29 is 14.3 Å². The molecule has 3 unspecified atom stereocenters. The van der Waals surface area contributed by atoms with Gasteiger partial charge in [0.25, 0.3) is 0 Å². The van der Waals surface area contributed by atoms with E-state index in [4.69, 9.17) is 32.5 Å². The summed E-state index contributed by atoms with van der Waals surface area (Å²) in [4.78, 5) is 20.8. The molecule has 3 aromatic rings. The zero-order valence-electron chi connectivity index (χ0n) is 19.2. The second-order valence-corrected chi connectivity index (χ2v) is 9.82. The molecule has 3 aliphatic rings. The smallest absolute Gasteiger partial charge is 0.337 e. The van der Waals surface area contributed by atoms with Crippen LogP contribution < -0.4 is 16.2 Å². The van der Waals surface area contributed by atoms with E-state index >= 15 is 0 Å². The molecule has 0 fully saturated rings. The van der Waals surface area contributed by atoms with Gasteiger partial charge in [-0.3, -0.25) is 0 Å². The maximum Gasteiger partial charge on any atom is 0.337 e. The van der Waals surface area contributed by atoms with E-state index in [9.17, 15) is 4.79 Å². The summed E-state index contributed by atoms with van der Waals surface area (Å²) in [6.07, 6.45) is 8.69. The van der Waals surface area contributed by atoms with E-state index in [0.717, 1.165) is 39.8 Å². The number of benzene rings is 2. The standard InChI is InChI=1S/C27H25ClN4O3/c1-34-26(33)16-8-18-24-19(5-6-35-22(24)10-16)27(30,25(18)29)20-9-15-3-2-4-21(28)23(15)17(20)7-14-11-31-13-32-12-14/h2-4,8-13,17,19,25H,5-7,29-30H2,1H3/t17?,19?,25?,27-/m1/s1. The Morgan fingerprint density at radius 1 is 1.26 bits per heavy atom. The number of carbonyl (C=O) groups is 1. The molecule has 1 aromatic heterocycles. The largest absolute Gasteiger partial charge is 0.493 e. The SMILES string of the molecule is COC(=O)c1cc2c3c(c1)C(N)[C@](N)(C1=Cc4cccc(Cl)c4C1Cc1cncnc1)C3CCO2. The number of nitrogens with zero attached hydrogens (tertiary/aromatic N) is 2. The van der Waals surface area contributed by atoms with Crippen LogP contribution in [0.3, 0.4) is 0 Å². The highest BCUT2D eigenvalue weighted by molar-refractivity contribution is 6.31. The molecule has 0 bridgehead atoms. The van der Waals surface area contributed by atoms with Crippen LogP contribution in [0.15, 0.2) is 54.6 Å². The summed E-state index contributed by atoms with van der Waals surface area (Å²) in [6, 6.07) is 8.92. The van der Waals surface area contributed by atoms with Crippen LogP contribution in [0.1, 0.15) is 62.5 Å². The molecule has 0 radical (unpaired) electrons. The number of hydrogen-bond donors (Lipinski definition) is 2. The van der Waals surface area contributed by atoms with Crippen LogP contribution in [-0.4, -0.2) is 35.2 Å². The second kappa shape index (κ2) is 8.16. The quantitative estimate of drug-likeness (QED) is 0.535. The van der Waals surface area contributed by atoms with E-state index in [1.165, 1.54) is 13.4 Å². The van der Waals surface area contributed by atoms with Crippen molar-refractivity contribution in [3.8, 4) is 5.75 Å². The van der Waals surface area contributed by atoms with Gasteiger partial charge in [0.2, 0.25) is 0 Å². The number of methoxy groups -OCH3 is 1. The number of halogens is 1. The van der Waals surface area contributed by atoms with Gasteiger partial charge in [0, 0.05) is 34.8 Å². The Kier molecular flexibility index (Phi) is 5.18. The average molecular weight is 489 g/mol. The Morgan fingerprint density at radius 2 is 2.06 bits per heavy atom. The number of nitrogens with two attached hydrogens (primary N) is 2. The Bertz CT molecular complexity index is 1380. The average Bonchev–Trinajstić information content (AvgIpc) is 3.36. The lowest BCUT2D eigenvalue weighted by molar-refractivity contribution is 0.0600. The van der Waals surface area contributed by atoms with Crippen LogP contribution in [0.2, 0.25) is 5.02 Å². The molecular weight excluding hydrogens is 464 g/mol. The van der Waals surface area contributed by atoms with E-state index in [1.54, 1.807) is 12.1 Å². The molecule has 35 heavy (non-hydrogen) atoms. The molecule has 6 rings (SSSR count). The number of aromatic nitrogens is 2. The van der Waals surface area contributed by atoms with Gasteiger partial charge >= 0.3 is 5.97 Å². The van der Waals surface area contributed by atoms with Crippen molar-refractivity contribution in [2.75, 3.05) is 13.7 Å². The molecule has 0 saturated heterocycles. The predicted octanol–water partition coefficient (Wildman–Crippen LogP) is 3.92. The molecule has 7 nitrogen and oxygen atoms in total. The minimum Gasteiger partial charge on any atom is -0.493 e. The molecule has 2 heterocycles. The monoisotopic (exact) mass is 488 g/mol. The molecule has 2 aliphatic carbocycles. The van der Waals surface area contributed by atoms with Crippen molar-refractivity contribution in [2.24, 2.45) is 11.5 Å². The van der Waals surface area contributed by atoms with Crippen LogP contribution in [0, 0.1) is 0 Å². The van der Waals surface area contributed by atoms with Crippen molar-refractivity contribution in [1.82, 2.24) is 9.97 Å². The van der Waals surface area contributed by atoms with Crippen molar-refractivity contribution in [3.63, 3.8) is 0 Å². The molecule has 4 N–H and O–H groups in total. The van der Waals surface area contributed by atoms with Crippen LogP contribution in [0.25, 0.3) is 6.08 Å². The summed E-state index contributed by atoms with van der Waals surface area (Å²) >= 11 is 6.74. The van der Waals surface area contributed by atoms with Gasteiger partial charge in [0.1, 0.15) is 12.1 Å². The second-order valence-electron chi connectivity index (χ2n) is 9.42. The van der Waals surface area contributed by atoms with Crippen molar-refractivity contribution in [3.05, 3.63) is 93.0 Å². The van der Waals surface area contributed by atoms with Gasteiger partial charge in [-0.25, -0.2) is 14.8 Å². The van der Waals surface area contributed by atoms with E-state index in [-0.39, 0.29) is 11.8 Å². The van der Waals surface area contributed by atoms with E-state index < -0.39 is 17.6 Å². The Hall–Kier alpha value is -3.26. The van der Waals surface area contributed by atoms with Crippen LogP contribution in [0.5, 0.6) is 5.75 Å². The minimum absolute atomic E-state index is 0.0585. The Balaban J connectivity index is 1.50. The number of fused-ring (bicyclic) bond motifs is 1. The van der Waals surface area contributed by atoms with Gasteiger partial charge in [-0.05, 0) is 58.9 Å². The first kappa shape index (κ1) is 22.2. The van der Waals surface area contributed by atoms with Gasteiger partial charge in [0.15, 0.2) is 0 Å². The molecule has 4 atom stereocenters. The summed E-state index contributed by atoms with van der Waals surface area (Å²) in [6.45, 7) is 0.492. The zero-order chi connectivity index (χ0) is 24.3. The highest BCUT2D eigenvalue weighted by Gasteiger charge is 2.56. The fourth-order valence-electron chi connectivity index (χ4n) is 6.18. The molecule has 8 heteroatoms. The lowest BCUT2D eigenvalue weighted by atomic mass is 9.70. The number of carbonyl (C=O) groups excluding carboxylic acids is 1. The lowest BCUT2D eigenvalue weighted by Crippen LogP contribution is -2.53. The molecule has 178 valence electrons. The highest BCUT2D eigenvalue weighted by atomic mass is 35.5. The van der Waals surface area contributed by atoms with Crippen molar-refractivity contribution in [1.29, 1.82) is 0 Å². The van der Waals surface area contributed by atoms with Crippen molar-refractivity contribution in [2.45, 2.75) is 36.3 Å². The summed E-state index contributed by atoms with van der Waals surface area (Å²) in [7, 11) is 1.36. The van der Waals surface area contributed by atoms with Crippen LogP contribution >= 0.6 is 11.6 Å². The van der Waals surface area contributed by atoms with E-state index in [2.05, 4.69) is 22.1 Å². The number of rotatable bonds is 4. The third-order valence-corrected chi connectivity index (χ3v) is 8.04. The fraction of sp³-hybridized carbons (Fsp3) is 0.296. The van der Waals surface area contributed by atoms with Gasteiger partial charge in [-0.2, -0.15) is 0 Å². The Labute approximate surface area is 208 Å². The molecule has 1 aliphatic heterocycles. The lowest BCUT2D eigenvalue weighted by Gasteiger charge is -2.41. The van der Waals surface area contributed by atoms with Crippen LogP contribution in [0.4, 0.5) is 0 Å². The first-order valence-electron chi connectivity index (χ1n) is 11.6. The van der Waals surface area contributed by atoms with Gasteiger partial charge in [0.05, 0.1) is 30.9 Å². The third-order valence-electron chi connectivity index (χ3n) is 7.71. The zero-order valence-corrected chi connectivity index (χ0v) is 20.0. The first-order valence-corrected chi connectivity index (χ1v) is 12.0. The Morgan fingerprint density at radius 3 is 2.83 bits per heavy atom. The molecule has 0 spiro atoms. The number of esters is 1. The number of hydrogen-bond acceptors (Lipinski definition) is 7. The van der Waals surface area contributed by atoms with E-state index in [1.807, 2.05) is 24.5 Å². The molecule has 0 saturated carbocycles. The normalized spacial score (nSPS) is 25.9. The molecule has 2 aromatic carbocycles. The summed E-state index contributed by atoms with van der Waals surface area (Å²) in [5.41, 5.74) is 19.8. The summed E-state index contributed by atoms with van der Waals surface area (Å²) in [5.74, 6) is 0.0834. The molecular formula is C27H25ClN4O3. The topological polar surface area (TPSA) is 113 Å². The van der Waals surface area contributed by atoms with E-state index in [0.29, 0.717) is 29.4 Å².